The van der Waals surface area contributed by atoms with Crippen LogP contribution in [0, 0.1) is 6.92 Å². The maximum atomic E-state index is 10.8. The molecule has 1 aromatic heterocycles. The molecule has 0 atom stereocenters. The van der Waals surface area contributed by atoms with Gasteiger partial charge in [-0.2, -0.15) is 5.10 Å². The van der Waals surface area contributed by atoms with Crippen LogP contribution in [0.5, 0.6) is 5.75 Å². The summed E-state index contributed by atoms with van der Waals surface area (Å²) >= 11 is 0. The molecule has 0 radical (unpaired) electrons. The number of aliphatic carboxylic acids is 1. The number of carboxylic acid groups (broad SMARTS) is 1. The number of carbonyl (C=O) groups is 1. The number of aromatic nitrogens is 2. The van der Waals surface area contributed by atoms with Gasteiger partial charge in [0.1, 0.15) is 5.75 Å². The van der Waals surface area contributed by atoms with Crippen molar-refractivity contribution >= 4 is 5.97 Å². The Bertz CT molecular complexity index is 1180. The molecule has 1 heterocycles. The summed E-state index contributed by atoms with van der Waals surface area (Å²) in [4.78, 5) is 10.8. The standard InChI is InChI=1S/C26H24N2O3/c1-19-10-5-6-13-21(19)24-18-23(27-28(24)20-11-3-2-4-12-20)22-14-7-8-15-25(22)31-17-9-16-26(29)30/h2-8,10-15,18H,9,16-17H2,1H3,(H,29,30). The topological polar surface area (TPSA) is 64.3 Å². The normalized spacial score (nSPS) is 10.7. The molecule has 0 saturated carbocycles. The second-order valence-corrected chi connectivity index (χ2v) is 7.32. The molecule has 0 spiro atoms. The fraction of sp³-hybridized carbons (Fsp3) is 0.154. The van der Waals surface area contributed by atoms with E-state index in [4.69, 9.17) is 14.9 Å². The Hall–Kier alpha value is -3.86. The second kappa shape index (κ2) is 9.30. The minimum atomic E-state index is -0.818. The largest absolute Gasteiger partial charge is 0.493 e. The van der Waals surface area contributed by atoms with Crippen LogP contribution in [-0.4, -0.2) is 27.5 Å². The predicted molar refractivity (Wildman–Crippen MR) is 122 cm³/mol. The molecule has 5 nitrogen and oxygen atoms in total. The lowest BCUT2D eigenvalue weighted by Gasteiger charge is -2.10. The van der Waals surface area contributed by atoms with E-state index in [1.165, 1.54) is 5.56 Å². The molecule has 0 fully saturated rings. The molecule has 0 amide bonds. The highest BCUT2D eigenvalue weighted by atomic mass is 16.5. The second-order valence-electron chi connectivity index (χ2n) is 7.32. The molecular weight excluding hydrogens is 388 g/mol. The summed E-state index contributed by atoms with van der Waals surface area (Å²) < 4.78 is 7.87. The molecule has 4 rings (SSSR count). The molecular formula is C26H24N2O3. The Kier molecular flexibility index (Phi) is 6.13. The maximum absolute atomic E-state index is 10.8. The first-order valence-corrected chi connectivity index (χ1v) is 10.3. The number of nitrogens with zero attached hydrogens (tertiary/aromatic N) is 2. The van der Waals surface area contributed by atoms with Gasteiger partial charge in [-0.3, -0.25) is 4.79 Å². The van der Waals surface area contributed by atoms with Crippen LogP contribution in [-0.2, 0) is 4.79 Å². The van der Waals surface area contributed by atoms with Crippen LogP contribution in [0.2, 0.25) is 0 Å². The smallest absolute Gasteiger partial charge is 0.303 e. The van der Waals surface area contributed by atoms with E-state index in [1.807, 2.05) is 71.4 Å². The number of benzene rings is 3. The van der Waals surface area contributed by atoms with Crippen molar-refractivity contribution in [3.8, 4) is 34.0 Å². The highest BCUT2D eigenvalue weighted by Gasteiger charge is 2.17. The monoisotopic (exact) mass is 412 g/mol. The first-order chi connectivity index (χ1) is 15.1. The third-order valence-corrected chi connectivity index (χ3v) is 5.09. The third-order valence-electron chi connectivity index (χ3n) is 5.09. The average molecular weight is 412 g/mol. The van der Waals surface area contributed by atoms with Crippen molar-refractivity contribution in [1.82, 2.24) is 9.78 Å². The van der Waals surface area contributed by atoms with Gasteiger partial charge in [-0.1, -0.05) is 54.6 Å². The zero-order valence-corrected chi connectivity index (χ0v) is 17.4. The van der Waals surface area contributed by atoms with Crippen LogP contribution in [0.4, 0.5) is 0 Å². The highest BCUT2D eigenvalue weighted by Crippen LogP contribution is 2.34. The van der Waals surface area contributed by atoms with Crippen LogP contribution in [0.25, 0.3) is 28.2 Å². The molecule has 0 aliphatic rings. The lowest BCUT2D eigenvalue weighted by Crippen LogP contribution is -2.03. The number of hydrogen-bond acceptors (Lipinski definition) is 3. The molecule has 3 aromatic carbocycles. The number of ether oxygens (including phenoxy) is 1. The van der Waals surface area contributed by atoms with Crippen LogP contribution in [0.15, 0.2) is 84.9 Å². The lowest BCUT2D eigenvalue weighted by molar-refractivity contribution is -0.137. The zero-order chi connectivity index (χ0) is 21.6. The molecule has 4 aromatic rings. The summed E-state index contributed by atoms with van der Waals surface area (Å²) in [5.74, 6) is -0.122. The van der Waals surface area contributed by atoms with Gasteiger partial charge >= 0.3 is 5.97 Å². The minimum Gasteiger partial charge on any atom is -0.493 e. The minimum absolute atomic E-state index is 0.0855. The number of carboxylic acids is 1. The van der Waals surface area contributed by atoms with Crippen molar-refractivity contribution in [2.24, 2.45) is 0 Å². The van der Waals surface area contributed by atoms with E-state index >= 15 is 0 Å². The summed E-state index contributed by atoms with van der Waals surface area (Å²) in [6.07, 6.45) is 0.540. The first kappa shape index (κ1) is 20.4. The predicted octanol–water partition coefficient (Wildman–Crippen LogP) is 5.76. The van der Waals surface area contributed by atoms with Gasteiger partial charge in [0, 0.05) is 17.5 Å². The first-order valence-electron chi connectivity index (χ1n) is 10.3. The fourth-order valence-corrected chi connectivity index (χ4v) is 3.54. The molecule has 0 unspecified atom stereocenters. The molecule has 0 bridgehead atoms. The van der Waals surface area contributed by atoms with Crippen molar-refractivity contribution in [1.29, 1.82) is 0 Å². The quantitative estimate of drug-likeness (QED) is 0.374. The summed E-state index contributed by atoms with van der Waals surface area (Å²) in [6.45, 7) is 2.43. The Morgan fingerprint density at radius 2 is 1.61 bits per heavy atom. The molecule has 1 N–H and O–H groups in total. The molecule has 0 aliphatic carbocycles. The molecule has 156 valence electrons. The van der Waals surface area contributed by atoms with Crippen molar-refractivity contribution in [2.75, 3.05) is 6.61 Å². The van der Waals surface area contributed by atoms with Crippen molar-refractivity contribution < 1.29 is 14.6 Å². The van der Waals surface area contributed by atoms with Gasteiger partial charge in [0.25, 0.3) is 0 Å². The van der Waals surface area contributed by atoms with Crippen LogP contribution >= 0.6 is 0 Å². The zero-order valence-electron chi connectivity index (χ0n) is 17.4. The van der Waals surface area contributed by atoms with Gasteiger partial charge in [-0.25, -0.2) is 4.68 Å². The van der Waals surface area contributed by atoms with Crippen LogP contribution in [0.3, 0.4) is 0 Å². The highest BCUT2D eigenvalue weighted by molar-refractivity contribution is 5.75. The van der Waals surface area contributed by atoms with Gasteiger partial charge < -0.3 is 9.84 Å². The third kappa shape index (κ3) is 4.67. The Morgan fingerprint density at radius 1 is 0.935 bits per heavy atom. The lowest BCUT2D eigenvalue weighted by atomic mass is 10.0. The van der Waals surface area contributed by atoms with Gasteiger partial charge in [0.05, 0.1) is 23.7 Å². The van der Waals surface area contributed by atoms with Crippen LogP contribution in [0.1, 0.15) is 18.4 Å². The summed E-state index contributed by atoms with van der Waals surface area (Å²) in [6, 6.07) is 28.1. The van der Waals surface area contributed by atoms with Crippen molar-refractivity contribution in [3.05, 3.63) is 90.5 Å². The molecule has 0 saturated heterocycles. The number of para-hydroxylation sites is 2. The van der Waals surface area contributed by atoms with E-state index in [1.54, 1.807) is 0 Å². The molecule has 5 heteroatoms. The number of aryl methyl sites for hydroxylation is 1. The van der Waals surface area contributed by atoms with E-state index in [-0.39, 0.29) is 6.42 Å². The summed E-state index contributed by atoms with van der Waals surface area (Å²) in [7, 11) is 0. The van der Waals surface area contributed by atoms with Gasteiger partial charge in [-0.15, -0.1) is 0 Å². The molecule has 0 aliphatic heterocycles. The Labute approximate surface area is 181 Å². The van der Waals surface area contributed by atoms with E-state index < -0.39 is 5.97 Å². The van der Waals surface area contributed by atoms with Gasteiger partial charge in [0.15, 0.2) is 0 Å². The fourth-order valence-electron chi connectivity index (χ4n) is 3.54. The summed E-state index contributed by atoms with van der Waals surface area (Å²) in [5.41, 5.74) is 5.94. The van der Waals surface area contributed by atoms with Gasteiger partial charge in [0.2, 0.25) is 0 Å². The van der Waals surface area contributed by atoms with E-state index in [9.17, 15) is 4.79 Å². The average Bonchev–Trinajstić information content (AvgIpc) is 3.23. The van der Waals surface area contributed by atoms with Crippen LogP contribution < -0.4 is 4.74 Å². The maximum Gasteiger partial charge on any atom is 0.303 e. The molecule has 31 heavy (non-hydrogen) atoms. The number of hydrogen-bond donors (Lipinski definition) is 1. The Balaban J connectivity index is 1.75. The van der Waals surface area contributed by atoms with E-state index in [2.05, 4.69) is 25.1 Å². The Morgan fingerprint density at radius 3 is 2.35 bits per heavy atom. The van der Waals surface area contributed by atoms with Crippen molar-refractivity contribution in [3.63, 3.8) is 0 Å². The SMILES string of the molecule is Cc1ccccc1-c1cc(-c2ccccc2OCCCC(=O)O)nn1-c1ccccc1. The van der Waals surface area contributed by atoms with Crippen molar-refractivity contribution in [2.45, 2.75) is 19.8 Å². The van der Waals surface area contributed by atoms with Gasteiger partial charge in [-0.05, 0) is 49.2 Å². The summed E-state index contributed by atoms with van der Waals surface area (Å²) in [5, 5.41) is 13.8. The number of rotatable bonds is 8. The van der Waals surface area contributed by atoms with E-state index in [0.29, 0.717) is 18.8 Å². The van der Waals surface area contributed by atoms with E-state index in [0.717, 1.165) is 28.2 Å².